The van der Waals surface area contributed by atoms with Gasteiger partial charge in [0.1, 0.15) is 23.3 Å². The van der Waals surface area contributed by atoms with E-state index in [2.05, 4.69) is 20.6 Å². The molecule has 150 valence electrons. The third kappa shape index (κ3) is 4.30. The van der Waals surface area contributed by atoms with Crippen LogP contribution in [-0.2, 0) is 15.7 Å². The molecule has 0 spiro atoms. The van der Waals surface area contributed by atoms with Gasteiger partial charge < -0.3 is 20.3 Å². The average molecular weight is 399 g/mol. The molecule has 1 aliphatic rings. The van der Waals surface area contributed by atoms with Crippen LogP contribution >= 0.6 is 0 Å². The predicted molar refractivity (Wildman–Crippen MR) is 92.6 cm³/mol. The number of halogens is 4. The van der Waals surface area contributed by atoms with Gasteiger partial charge in [-0.25, -0.2) is 9.37 Å². The van der Waals surface area contributed by atoms with E-state index in [1.165, 1.54) is 24.1 Å². The van der Waals surface area contributed by atoms with E-state index in [0.717, 1.165) is 0 Å². The zero-order valence-electron chi connectivity index (χ0n) is 14.8. The summed E-state index contributed by atoms with van der Waals surface area (Å²) in [5.41, 5.74) is -0.488. The third-order valence-corrected chi connectivity index (χ3v) is 4.19. The highest BCUT2D eigenvalue weighted by molar-refractivity contribution is 5.58. The van der Waals surface area contributed by atoms with Crippen LogP contribution in [0.2, 0.25) is 0 Å². The summed E-state index contributed by atoms with van der Waals surface area (Å²) in [5.74, 6) is -1.27. The van der Waals surface area contributed by atoms with Gasteiger partial charge in [-0.3, -0.25) is 4.79 Å². The minimum atomic E-state index is -4.61. The number of benzene rings is 1. The topological polar surface area (TPSA) is 79.4 Å². The summed E-state index contributed by atoms with van der Waals surface area (Å²) < 4.78 is 58.7. The molecule has 2 heterocycles. The summed E-state index contributed by atoms with van der Waals surface area (Å²) >= 11 is 0. The molecule has 1 aromatic heterocycles. The SMILES string of the molecule is CNc1nc(Nc2ccc(C3CN(C=O)CCO3)cc2F)ncc1C(F)(F)F. The Morgan fingerprint density at radius 1 is 1.36 bits per heavy atom. The van der Waals surface area contributed by atoms with Crippen LogP contribution in [-0.4, -0.2) is 48.0 Å². The predicted octanol–water partition coefficient (Wildman–Crippen LogP) is 2.95. The molecule has 1 fully saturated rings. The highest BCUT2D eigenvalue weighted by Gasteiger charge is 2.35. The molecule has 1 aromatic carbocycles. The number of alkyl halides is 3. The number of amides is 1. The van der Waals surface area contributed by atoms with Crippen molar-refractivity contribution in [1.82, 2.24) is 14.9 Å². The summed E-state index contributed by atoms with van der Waals surface area (Å²) in [6.07, 6.45) is -3.74. The molecule has 0 bridgehead atoms. The fraction of sp³-hybridized carbons (Fsp3) is 0.353. The van der Waals surface area contributed by atoms with Crippen molar-refractivity contribution in [2.24, 2.45) is 0 Å². The van der Waals surface area contributed by atoms with E-state index < -0.39 is 29.5 Å². The molecule has 7 nitrogen and oxygen atoms in total. The lowest BCUT2D eigenvalue weighted by molar-refractivity contribution is -0.137. The Balaban J connectivity index is 1.79. The Morgan fingerprint density at radius 3 is 2.79 bits per heavy atom. The number of carbonyl (C=O) groups is 1. The van der Waals surface area contributed by atoms with Crippen LogP contribution in [0, 0.1) is 5.82 Å². The number of morpholine rings is 1. The minimum Gasteiger partial charge on any atom is -0.372 e. The number of ether oxygens (including phenoxy) is 1. The molecule has 1 atom stereocenters. The van der Waals surface area contributed by atoms with Gasteiger partial charge in [0.2, 0.25) is 12.4 Å². The van der Waals surface area contributed by atoms with Gasteiger partial charge >= 0.3 is 6.18 Å². The van der Waals surface area contributed by atoms with Crippen molar-refractivity contribution >= 4 is 23.9 Å². The summed E-state index contributed by atoms with van der Waals surface area (Å²) in [4.78, 5) is 19.8. The Bertz CT molecular complexity index is 862. The first-order valence-corrected chi connectivity index (χ1v) is 8.31. The van der Waals surface area contributed by atoms with Crippen molar-refractivity contribution in [3.8, 4) is 0 Å². The standard InChI is InChI=1S/C17H17F4N5O2/c1-22-15-11(17(19,20)21)7-23-16(25-15)24-13-3-2-10(6-12(13)18)14-8-26(9-27)4-5-28-14/h2-3,6-7,9,14H,4-5,8H2,1H3,(H2,22,23,24,25). The molecule has 1 amide bonds. The van der Waals surface area contributed by atoms with E-state index in [1.807, 2.05) is 0 Å². The Morgan fingerprint density at radius 2 is 2.14 bits per heavy atom. The lowest BCUT2D eigenvalue weighted by atomic mass is 10.1. The normalized spacial score (nSPS) is 17.3. The number of carbonyl (C=O) groups excluding carboxylic acids is 1. The highest BCUT2D eigenvalue weighted by Crippen LogP contribution is 2.34. The van der Waals surface area contributed by atoms with Crippen molar-refractivity contribution in [3.05, 3.63) is 41.3 Å². The van der Waals surface area contributed by atoms with E-state index in [0.29, 0.717) is 37.9 Å². The minimum absolute atomic E-state index is 0.00591. The quantitative estimate of drug-likeness (QED) is 0.595. The molecular weight excluding hydrogens is 382 g/mol. The second-order valence-corrected chi connectivity index (χ2v) is 6.03. The Hall–Kier alpha value is -2.95. The molecule has 28 heavy (non-hydrogen) atoms. The summed E-state index contributed by atoms with van der Waals surface area (Å²) in [6.45, 7) is 1.13. The largest absolute Gasteiger partial charge is 0.421 e. The van der Waals surface area contributed by atoms with Gasteiger partial charge in [-0.05, 0) is 17.7 Å². The Labute approximate surface area is 157 Å². The maximum atomic E-state index is 14.5. The lowest BCUT2D eigenvalue weighted by Gasteiger charge is -2.30. The van der Waals surface area contributed by atoms with Crippen molar-refractivity contribution in [2.45, 2.75) is 12.3 Å². The summed E-state index contributed by atoms with van der Waals surface area (Å²) in [7, 11) is 1.30. The van der Waals surface area contributed by atoms with Gasteiger partial charge in [-0.2, -0.15) is 18.2 Å². The number of anilines is 3. The second-order valence-electron chi connectivity index (χ2n) is 6.03. The van der Waals surface area contributed by atoms with E-state index in [9.17, 15) is 22.4 Å². The van der Waals surface area contributed by atoms with E-state index in [4.69, 9.17) is 4.74 Å². The van der Waals surface area contributed by atoms with Crippen molar-refractivity contribution in [3.63, 3.8) is 0 Å². The highest BCUT2D eigenvalue weighted by atomic mass is 19.4. The van der Waals surface area contributed by atoms with Crippen molar-refractivity contribution < 1.29 is 27.1 Å². The van der Waals surface area contributed by atoms with Crippen LogP contribution in [0.5, 0.6) is 0 Å². The van der Waals surface area contributed by atoms with Gasteiger partial charge in [-0.15, -0.1) is 0 Å². The monoisotopic (exact) mass is 399 g/mol. The van der Waals surface area contributed by atoms with Crippen LogP contribution in [0.3, 0.4) is 0 Å². The maximum Gasteiger partial charge on any atom is 0.421 e. The fourth-order valence-electron chi connectivity index (χ4n) is 2.76. The van der Waals surface area contributed by atoms with E-state index in [1.54, 1.807) is 6.07 Å². The molecule has 2 N–H and O–H groups in total. The molecular formula is C17H17F4N5O2. The zero-order chi connectivity index (χ0) is 20.3. The van der Waals surface area contributed by atoms with Gasteiger partial charge in [0.25, 0.3) is 0 Å². The van der Waals surface area contributed by atoms with Gasteiger partial charge in [0.05, 0.1) is 18.8 Å². The average Bonchev–Trinajstić information content (AvgIpc) is 2.68. The number of aromatic nitrogens is 2. The number of hydrogen-bond acceptors (Lipinski definition) is 6. The van der Waals surface area contributed by atoms with E-state index >= 15 is 0 Å². The first-order valence-electron chi connectivity index (χ1n) is 8.31. The fourth-order valence-corrected chi connectivity index (χ4v) is 2.76. The van der Waals surface area contributed by atoms with Gasteiger partial charge in [0, 0.05) is 19.8 Å². The van der Waals surface area contributed by atoms with Crippen molar-refractivity contribution in [1.29, 1.82) is 0 Å². The molecule has 11 heteroatoms. The van der Waals surface area contributed by atoms with Crippen LogP contribution < -0.4 is 10.6 Å². The maximum absolute atomic E-state index is 14.5. The van der Waals surface area contributed by atoms with Crippen LogP contribution in [0.15, 0.2) is 24.4 Å². The number of hydrogen-bond donors (Lipinski definition) is 2. The van der Waals surface area contributed by atoms with Crippen LogP contribution in [0.4, 0.5) is 35.0 Å². The lowest BCUT2D eigenvalue weighted by Crippen LogP contribution is -2.37. The van der Waals surface area contributed by atoms with Crippen LogP contribution in [0.25, 0.3) is 0 Å². The number of nitrogens with zero attached hydrogens (tertiary/aromatic N) is 3. The molecule has 3 rings (SSSR count). The molecule has 1 saturated heterocycles. The molecule has 1 unspecified atom stereocenters. The third-order valence-electron chi connectivity index (χ3n) is 4.19. The first-order chi connectivity index (χ1) is 13.3. The molecule has 0 aliphatic carbocycles. The summed E-state index contributed by atoms with van der Waals surface area (Å²) in [6, 6.07) is 4.26. The zero-order valence-corrected chi connectivity index (χ0v) is 14.8. The number of nitrogens with one attached hydrogen (secondary N) is 2. The number of rotatable bonds is 5. The molecule has 0 radical (unpaired) electrons. The van der Waals surface area contributed by atoms with Crippen LogP contribution in [0.1, 0.15) is 17.2 Å². The van der Waals surface area contributed by atoms with Gasteiger partial charge in [-0.1, -0.05) is 6.07 Å². The van der Waals surface area contributed by atoms with Crippen molar-refractivity contribution in [2.75, 3.05) is 37.4 Å². The van der Waals surface area contributed by atoms with Gasteiger partial charge in [0.15, 0.2) is 0 Å². The first kappa shape index (κ1) is 19.8. The molecule has 1 aliphatic heterocycles. The summed E-state index contributed by atoms with van der Waals surface area (Å²) in [5, 5.41) is 4.91. The molecule has 0 saturated carbocycles. The molecule has 2 aromatic rings. The Kier molecular flexibility index (Phi) is 5.63. The second kappa shape index (κ2) is 7.97. The van der Waals surface area contributed by atoms with E-state index in [-0.39, 0.29) is 11.6 Å². The smallest absolute Gasteiger partial charge is 0.372 e.